The monoisotopic (exact) mass is 384 g/mol. The van der Waals surface area contributed by atoms with Crippen LogP contribution in [0.3, 0.4) is 0 Å². The molecule has 1 aromatic rings. The molecule has 1 unspecified atom stereocenters. The largest absolute Gasteiger partial charge is 0.497 e. The standard InChI is InChI=1S/C22H28N2O4/c1-4-14-9-13-11-21(20(25)28-3)18(14)24(12-13)8-7-22(26)16-6-5-15(27-2)10-17(16)23-19(21)22/h5-6,10,13-14,18,26H,4,7-9,11-12H2,1-3H3/t13-,14+,18+,21+,22+/m1/s1. The van der Waals surface area contributed by atoms with Crippen LogP contribution in [0.4, 0.5) is 5.69 Å². The molecule has 1 N–H and O–H groups in total. The number of hydrogen-bond donors (Lipinski definition) is 1. The summed E-state index contributed by atoms with van der Waals surface area (Å²) in [5.41, 5.74) is -0.0145. The highest BCUT2D eigenvalue weighted by Crippen LogP contribution is 2.59. The van der Waals surface area contributed by atoms with Crippen molar-refractivity contribution >= 4 is 17.4 Å². The van der Waals surface area contributed by atoms with Gasteiger partial charge in [0, 0.05) is 30.8 Å². The SMILES string of the molecule is CC[C@H]1C[C@H]2CN3CC[C@@]4(O)C(=Nc5cc(OC)ccc54)[C@](C(=O)OC)(C2)[C@H]13. The molecule has 0 amide bonds. The van der Waals surface area contributed by atoms with E-state index in [9.17, 15) is 9.90 Å². The van der Waals surface area contributed by atoms with Gasteiger partial charge in [-0.05, 0) is 43.2 Å². The quantitative estimate of drug-likeness (QED) is 0.812. The maximum atomic E-state index is 13.4. The van der Waals surface area contributed by atoms with Crippen LogP contribution in [0.25, 0.3) is 0 Å². The number of aliphatic hydroxyl groups is 1. The number of hydrogen-bond acceptors (Lipinski definition) is 6. The summed E-state index contributed by atoms with van der Waals surface area (Å²) in [6.07, 6.45) is 3.42. The number of benzene rings is 1. The van der Waals surface area contributed by atoms with Gasteiger partial charge in [-0.25, -0.2) is 0 Å². The second-order valence-corrected chi connectivity index (χ2v) is 8.83. The van der Waals surface area contributed by atoms with Gasteiger partial charge in [0.25, 0.3) is 0 Å². The Kier molecular flexibility index (Phi) is 3.91. The number of rotatable bonds is 3. The normalized spacial score (nSPS) is 40.2. The number of nitrogens with zero attached hydrogens (tertiary/aromatic N) is 2. The molecule has 4 heterocycles. The fraction of sp³-hybridized carbons (Fsp3) is 0.636. The van der Waals surface area contributed by atoms with Crippen LogP contribution < -0.4 is 4.74 Å². The van der Waals surface area contributed by atoms with Gasteiger partial charge in [-0.2, -0.15) is 0 Å². The molecule has 150 valence electrons. The van der Waals surface area contributed by atoms with E-state index >= 15 is 0 Å². The van der Waals surface area contributed by atoms with Gasteiger partial charge in [-0.15, -0.1) is 0 Å². The Hall–Kier alpha value is -1.92. The van der Waals surface area contributed by atoms with Crippen molar-refractivity contribution in [2.24, 2.45) is 22.2 Å². The number of aliphatic imine (C=N–C) groups is 1. The molecule has 6 heteroatoms. The Morgan fingerprint density at radius 1 is 1.39 bits per heavy atom. The van der Waals surface area contributed by atoms with E-state index in [2.05, 4.69) is 11.8 Å². The van der Waals surface area contributed by atoms with Crippen molar-refractivity contribution in [3.63, 3.8) is 0 Å². The van der Waals surface area contributed by atoms with E-state index < -0.39 is 11.0 Å². The number of methoxy groups -OCH3 is 2. The molecule has 0 aromatic heterocycles. The van der Waals surface area contributed by atoms with Gasteiger partial charge < -0.3 is 14.6 Å². The molecule has 4 fully saturated rings. The van der Waals surface area contributed by atoms with Crippen molar-refractivity contribution < 1.29 is 19.4 Å². The van der Waals surface area contributed by atoms with Gasteiger partial charge in [0.2, 0.25) is 0 Å². The highest BCUT2D eigenvalue weighted by Gasteiger charge is 2.68. The van der Waals surface area contributed by atoms with Gasteiger partial charge >= 0.3 is 5.97 Å². The maximum absolute atomic E-state index is 13.4. The first-order valence-electron chi connectivity index (χ1n) is 10.3. The van der Waals surface area contributed by atoms with E-state index in [-0.39, 0.29) is 12.0 Å². The first-order chi connectivity index (χ1) is 13.5. The van der Waals surface area contributed by atoms with Crippen LogP contribution in [0.15, 0.2) is 23.2 Å². The van der Waals surface area contributed by atoms with Crippen molar-refractivity contribution in [1.29, 1.82) is 0 Å². The predicted octanol–water partition coefficient (Wildman–Crippen LogP) is 2.65. The summed E-state index contributed by atoms with van der Waals surface area (Å²) >= 11 is 0. The van der Waals surface area contributed by atoms with E-state index in [1.54, 1.807) is 7.11 Å². The first-order valence-corrected chi connectivity index (χ1v) is 10.3. The third-order valence-electron chi connectivity index (χ3n) is 7.62. The lowest BCUT2D eigenvalue weighted by molar-refractivity contribution is -0.164. The van der Waals surface area contributed by atoms with Crippen LogP contribution in [0, 0.1) is 17.3 Å². The van der Waals surface area contributed by atoms with Crippen molar-refractivity contribution in [1.82, 2.24) is 4.90 Å². The van der Waals surface area contributed by atoms with Crippen molar-refractivity contribution in [3.8, 4) is 5.75 Å². The smallest absolute Gasteiger partial charge is 0.319 e. The second kappa shape index (κ2) is 6.04. The minimum Gasteiger partial charge on any atom is -0.497 e. The summed E-state index contributed by atoms with van der Waals surface area (Å²) in [5.74, 6) is 1.30. The lowest BCUT2D eigenvalue weighted by atomic mass is 9.54. The Balaban J connectivity index is 1.75. The molecule has 6 atom stereocenters. The molecule has 1 saturated carbocycles. The fourth-order valence-corrected chi connectivity index (χ4v) is 6.60. The molecule has 5 aliphatic rings. The number of esters is 1. The zero-order valence-electron chi connectivity index (χ0n) is 16.8. The van der Waals surface area contributed by atoms with E-state index in [0.717, 1.165) is 31.5 Å². The minimum absolute atomic E-state index is 0.0407. The van der Waals surface area contributed by atoms with Gasteiger partial charge in [0.15, 0.2) is 0 Å². The average molecular weight is 384 g/mol. The lowest BCUT2D eigenvalue weighted by Gasteiger charge is -2.58. The molecule has 6 rings (SSSR count). The van der Waals surface area contributed by atoms with Crippen LogP contribution in [-0.4, -0.2) is 55.0 Å². The minimum atomic E-state index is -1.23. The molecule has 3 saturated heterocycles. The number of piperidine rings is 2. The van der Waals surface area contributed by atoms with E-state index in [4.69, 9.17) is 14.5 Å². The zero-order chi connectivity index (χ0) is 19.7. The van der Waals surface area contributed by atoms with Crippen molar-refractivity contribution in [2.75, 3.05) is 27.3 Å². The summed E-state index contributed by atoms with van der Waals surface area (Å²) in [7, 11) is 3.08. The Bertz CT molecular complexity index is 868. The van der Waals surface area contributed by atoms with Crippen LogP contribution in [0.1, 0.15) is 38.2 Å². The predicted molar refractivity (Wildman–Crippen MR) is 105 cm³/mol. The highest BCUT2D eigenvalue weighted by atomic mass is 16.5. The van der Waals surface area contributed by atoms with Gasteiger partial charge in [-0.1, -0.05) is 13.3 Å². The molecular formula is C22H28N2O4. The Labute approximate surface area is 165 Å². The average Bonchev–Trinajstić information content (AvgIpc) is 2.99. The second-order valence-electron chi connectivity index (χ2n) is 8.83. The third kappa shape index (κ3) is 2.10. The molecule has 1 aromatic carbocycles. The summed E-state index contributed by atoms with van der Waals surface area (Å²) in [6, 6.07) is 5.66. The third-order valence-corrected chi connectivity index (χ3v) is 7.62. The summed E-state index contributed by atoms with van der Waals surface area (Å²) < 4.78 is 10.7. The van der Waals surface area contributed by atoms with Crippen LogP contribution in [-0.2, 0) is 15.1 Å². The van der Waals surface area contributed by atoms with Crippen molar-refractivity contribution in [3.05, 3.63) is 23.8 Å². The number of ether oxygens (including phenoxy) is 2. The van der Waals surface area contributed by atoms with Crippen LogP contribution in [0.2, 0.25) is 0 Å². The number of carbonyl (C=O) groups is 1. The van der Waals surface area contributed by atoms with Crippen molar-refractivity contribution in [2.45, 2.75) is 44.2 Å². The molecule has 1 aliphatic carbocycles. The Morgan fingerprint density at radius 2 is 2.21 bits per heavy atom. The molecule has 4 bridgehead atoms. The fourth-order valence-electron chi connectivity index (χ4n) is 6.60. The van der Waals surface area contributed by atoms with Gasteiger partial charge in [-0.3, -0.25) is 14.7 Å². The molecule has 4 aliphatic heterocycles. The zero-order valence-corrected chi connectivity index (χ0v) is 16.8. The molecular weight excluding hydrogens is 356 g/mol. The molecule has 0 spiro atoms. The lowest BCUT2D eigenvalue weighted by Crippen LogP contribution is -2.68. The van der Waals surface area contributed by atoms with Crippen LogP contribution in [0.5, 0.6) is 5.75 Å². The number of carbonyl (C=O) groups excluding carboxylic acids is 1. The summed E-state index contributed by atoms with van der Waals surface area (Å²) in [4.78, 5) is 20.8. The van der Waals surface area contributed by atoms with Crippen LogP contribution >= 0.6 is 0 Å². The van der Waals surface area contributed by atoms with E-state index in [0.29, 0.717) is 41.8 Å². The summed E-state index contributed by atoms with van der Waals surface area (Å²) in [5, 5.41) is 11.9. The molecule has 6 nitrogen and oxygen atoms in total. The first kappa shape index (κ1) is 18.1. The summed E-state index contributed by atoms with van der Waals surface area (Å²) in [6.45, 7) is 3.96. The van der Waals surface area contributed by atoms with E-state index in [1.165, 1.54) is 7.11 Å². The van der Waals surface area contributed by atoms with Gasteiger partial charge in [0.05, 0.1) is 25.6 Å². The highest BCUT2D eigenvalue weighted by molar-refractivity contribution is 6.15. The topological polar surface area (TPSA) is 71.4 Å². The van der Waals surface area contributed by atoms with E-state index in [1.807, 2.05) is 18.2 Å². The number of fused-ring (bicyclic) bond motifs is 4. The van der Waals surface area contributed by atoms with Gasteiger partial charge in [0.1, 0.15) is 16.8 Å². The molecule has 0 radical (unpaired) electrons. The Morgan fingerprint density at radius 3 is 2.93 bits per heavy atom. The molecule has 28 heavy (non-hydrogen) atoms. The maximum Gasteiger partial charge on any atom is 0.319 e.